The van der Waals surface area contributed by atoms with Crippen LogP contribution in [0.1, 0.15) is 45.4 Å². The molecule has 0 saturated carbocycles. The molecule has 0 radical (unpaired) electrons. The summed E-state index contributed by atoms with van der Waals surface area (Å²) in [6, 6.07) is 0. The summed E-state index contributed by atoms with van der Waals surface area (Å²) >= 11 is 0. The van der Waals surface area contributed by atoms with E-state index in [1.165, 1.54) is 19.3 Å². The van der Waals surface area contributed by atoms with E-state index in [1.54, 1.807) is 6.08 Å². The molecule has 0 aliphatic rings. The van der Waals surface area contributed by atoms with Crippen LogP contribution in [-0.4, -0.2) is 58.8 Å². The average Bonchev–Trinajstić information content (AvgIpc) is 2.39. The highest BCUT2D eigenvalue weighted by Gasteiger charge is 2.32. The van der Waals surface area contributed by atoms with Gasteiger partial charge in [-0.25, -0.2) is 9.59 Å². The van der Waals surface area contributed by atoms with Gasteiger partial charge in [0.1, 0.15) is 6.54 Å². The standard InChI is InChI=1S/C16H27NO6/c1-2-3-4-5-6-7-8-9-10-17(11-14(18)19,12-15(20)21)13-16(22)23/h8-9H,2-7,10-13H2,1H3,(H2-,18,19,20,21,22,23)/b9-8+. The zero-order valence-electron chi connectivity index (χ0n) is 13.7. The fraction of sp³-hybridized carbons (Fsp3) is 0.688. The maximum absolute atomic E-state index is 11.0. The van der Waals surface area contributed by atoms with E-state index >= 15 is 0 Å². The molecule has 7 nitrogen and oxygen atoms in total. The van der Waals surface area contributed by atoms with Crippen LogP contribution in [-0.2, 0) is 14.4 Å². The Morgan fingerprint density at radius 2 is 1.48 bits per heavy atom. The van der Waals surface area contributed by atoms with Crippen molar-refractivity contribution in [1.82, 2.24) is 0 Å². The molecule has 0 unspecified atom stereocenters. The summed E-state index contributed by atoms with van der Waals surface area (Å²) in [5, 5.41) is 28.8. The van der Waals surface area contributed by atoms with Gasteiger partial charge in [-0.1, -0.05) is 38.7 Å². The van der Waals surface area contributed by atoms with E-state index in [4.69, 9.17) is 10.2 Å². The Balaban J connectivity index is 4.62. The van der Waals surface area contributed by atoms with E-state index in [9.17, 15) is 19.5 Å². The molecule has 0 fully saturated rings. The molecule has 0 aromatic carbocycles. The first-order valence-electron chi connectivity index (χ1n) is 7.95. The number of hydrogen-bond donors (Lipinski definition) is 2. The molecule has 0 aromatic heterocycles. The van der Waals surface area contributed by atoms with Gasteiger partial charge in [0.15, 0.2) is 13.1 Å². The largest absolute Gasteiger partial charge is 0.544 e. The first-order valence-corrected chi connectivity index (χ1v) is 7.95. The number of carboxylic acid groups (broad SMARTS) is 3. The van der Waals surface area contributed by atoms with Gasteiger partial charge in [-0.15, -0.1) is 0 Å². The number of unbranched alkanes of at least 4 members (excludes halogenated alkanes) is 5. The smallest absolute Gasteiger partial charge is 0.359 e. The third-order valence-corrected chi connectivity index (χ3v) is 3.54. The minimum Gasteiger partial charge on any atom is -0.544 e. The van der Waals surface area contributed by atoms with Crippen LogP contribution in [0, 0.1) is 0 Å². The quantitative estimate of drug-likeness (QED) is 0.274. The summed E-state index contributed by atoms with van der Waals surface area (Å²) in [6.45, 7) is 0.406. The number of aliphatic carboxylic acids is 3. The second-order valence-electron chi connectivity index (χ2n) is 5.83. The number of carbonyl (C=O) groups is 3. The van der Waals surface area contributed by atoms with Gasteiger partial charge in [-0.3, -0.25) is 4.48 Å². The Kier molecular flexibility index (Phi) is 10.7. The van der Waals surface area contributed by atoms with Crippen molar-refractivity contribution in [1.29, 1.82) is 0 Å². The van der Waals surface area contributed by atoms with Crippen LogP contribution in [0.25, 0.3) is 0 Å². The Hall–Kier alpha value is -1.89. The number of carbonyl (C=O) groups excluding carboxylic acids is 1. The Morgan fingerprint density at radius 3 is 1.96 bits per heavy atom. The third kappa shape index (κ3) is 11.3. The molecular weight excluding hydrogens is 302 g/mol. The molecule has 7 heteroatoms. The second-order valence-corrected chi connectivity index (χ2v) is 5.83. The molecule has 0 aliphatic carbocycles. The zero-order chi connectivity index (χ0) is 17.7. The van der Waals surface area contributed by atoms with Crippen molar-refractivity contribution in [2.24, 2.45) is 0 Å². The Morgan fingerprint density at radius 1 is 0.913 bits per heavy atom. The number of nitrogens with zero attached hydrogens (tertiary/aromatic N) is 1. The molecule has 0 heterocycles. The molecule has 0 rings (SSSR count). The van der Waals surface area contributed by atoms with Gasteiger partial charge in [-0.2, -0.15) is 0 Å². The molecular formula is C16H27NO6. The Labute approximate surface area is 136 Å². The molecule has 23 heavy (non-hydrogen) atoms. The highest BCUT2D eigenvalue weighted by atomic mass is 16.4. The second kappa shape index (κ2) is 11.6. The van der Waals surface area contributed by atoms with Gasteiger partial charge in [0.2, 0.25) is 0 Å². The van der Waals surface area contributed by atoms with Gasteiger partial charge in [0, 0.05) is 0 Å². The summed E-state index contributed by atoms with van der Waals surface area (Å²) < 4.78 is -0.584. The van der Waals surface area contributed by atoms with Crippen LogP contribution in [0.3, 0.4) is 0 Å². The van der Waals surface area contributed by atoms with E-state index < -0.39 is 42.0 Å². The molecule has 0 amide bonds. The van der Waals surface area contributed by atoms with E-state index in [2.05, 4.69) is 6.92 Å². The van der Waals surface area contributed by atoms with Crippen LogP contribution in [0.4, 0.5) is 0 Å². The van der Waals surface area contributed by atoms with E-state index in [-0.39, 0.29) is 6.54 Å². The number of quaternary nitrogens is 1. The minimum absolute atomic E-state index is 0.0432. The lowest BCUT2D eigenvalue weighted by Gasteiger charge is -2.35. The molecule has 0 aliphatic heterocycles. The predicted octanol–water partition coefficient (Wildman–Crippen LogP) is 0.639. The monoisotopic (exact) mass is 329 g/mol. The van der Waals surface area contributed by atoms with Gasteiger partial charge < -0.3 is 20.1 Å². The van der Waals surface area contributed by atoms with Crippen molar-refractivity contribution >= 4 is 17.9 Å². The van der Waals surface area contributed by atoms with Crippen LogP contribution < -0.4 is 5.11 Å². The predicted molar refractivity (Wildman–Crippen MR) is 82.5 cm³/mol. The third-order valence-electron chi connectivity index (χ3n) is 3.54. The van der Waals surface area contributed by atoms with Crippen molar-refractivity contribution in [2.45, 2.75) is 45.4 Å². The highest BCUT2D eigenvalue weighted by Crippen LogP contribution is 2.09. The summed E-state index contributed by atoms with van der Waals surface area (Å²) in [4.78, 5) is 32.8. The summed E-state index contributed by atoms with van der Waals surface area (Å²) in [7, 11) is 0. The fourth-order valence-corrected chi connectivity index (χ4v) is 2.49. The molecule has 0 spiro atoms. The molecule has 0 saturated heterocycles. The van der Waals surface area contributed by atoms with Crippen LogP contribution >= 0.6 is 0 Å². The van der Waals surface area contributed by atoms with Gasteiger partial charge in [0.05, 0.1) is 12.5 Å². The van der Waals surface area contributed by atoms with E-state index in [0.29, 0.717) is 0 Å². The van der Waals surface area contributed by atoms with Crippen LogP contribution in [0.2, 0.25) is 0 Å². The van der Waals surface area contributed by atoms with E-state index in [0.717, 1.165) is 19.3 Å². The van der Waals surface area contributed by atoms with Crippen molar-refractivity contribution in [2.75, 3.05) is 26.2 Å². The molecule has 0 bridgehead atoms. The number of rotatable bonds is 14. The number of allylic oxidation sites excluding steroid dienone is 1. The minimum atomic E-state index is -1.46. The van der Waals surface area contributed by atoms with Crippen molar-refractivity contribution in [3.8, 4) is 0 Å². The van der Waals surface area contributed by atoms with Crippen LogP contribution in [0.5, 0.6) is 0 Å². The summed E-state index contributed by atoms with van der Waals surface area (Å²) in [6.07, 6.45) is 10.0. The zero-order valence-corrected chi connectivity index (χ0v) is 13.7. The van der Waals surface area contributed by atoms with Crippen molar-refractivity contribution < 1.29 is 34.2 Å². The topological polar surface area (TPSA) is 115 Å². The maximum atomic E-state index is 11.0. The fourth-order valence-electron chi connectivity index (χ4n) is 2.49. The first-order chi connectivity index (χ1) is 10.8. The van der Waals surface area contributed by atoms with Gasteiger partial charge >= 0.3 is 11.9 Å². The summed E-state index contributed by atoms with van der Waals surface area (Å²) in [5.41, 5.74) is 0. The lowest BCUT2D eigenvalue weighted by Crippen LogP contribution is -2.58. The van der Waals surface area contributed by atoms with Gasteiger partial charge in [0.25, 0.3) is 0 Å². The maximum Gasteiger partial charge on any atom is 0.359 e. The number of hydrogen-bond acceptors (Lipinski definition) is 4. The highest BCUT2D eigenvalue weighted by molar-refractivity contribution is 5.72. The van der Waals surface area contributed by atoms with Crippen molar-refractivity contribution in [3.63, 3.8) is 0 Å². The lowest BCUT2D eigenvalue weighted by atomic mass is 10.1. The molecule has 132 valence electrons. The first kappa shape index (κ1) is 21.1. The molecule has 0 atom stereocenters. The summed E-state index contributed by atoms with van der Waals surface area (Å²) in [5.74, 6) is -3.93. The Bertz CT molecular complexity index is 378. The SMILES string of the molecule is CCCCCCC/C=C/C[N+](CC(=O)[O-])(CC(=O)O)CC(=O)O. The lowest BCUT2D eigenvalue weighted by molar-refractivity contribution is -0.903. The molecule has 2 N–H and O–H groups in total. The number of carboxylic acids is 3. The van der Waals surface area contributed by atoms with Gasteiger partial charge in [-0.05, 0) is 18.9 Å². The average molecular weight is 329 g/mol. The van der Waals surface area contributed by atoms with Crippen LogP contribution in [0.15, 0.2) is 12.2 Å². The molecule has 0 aromatic rings. The van der Waals surface area contributed by atoms with Crippen molar-refractivity contribution in [3.05, 3.63) is 12.2 Å². The normalized spacial score (nSPS) is 11.7. The van der Waals surface area contributed by atoms with E-state index in [1.807, 2.05) is 6.08 Å².